The number of hydrogen-bond acceptors (Lipinski definition) is 2. The van der Waals surface area contributed by atoms with E-state index in [4.69, 9.17) is 9.73 Å². The number of aromatic nitrogens is 2. The van der Waals surface area contributed by atoms with Gasteiger partial charge in [0.25, 0.3) is 0 Å². The maximum absolute atomic E-state index is 5.67. The molecule has 3 aromatic carbocycles. The zero-order chi connectivity index (χ0) is 21.8. The maximum atomic E-state index is 5.67. The van der Waals surface area contributed by atoms with Gasteiger partial charge in [0, 0.05) is 14.2 Å². The van der Waals surface area contributed by atoms with Crippen molar-refractivity contribution in [2.24, 2.45) is 4.99 Å². The summed E-state index contributed by atoms with van der Waals surface area (Å²) in [7, 11) is 3.66. The molecule has 0 saturated heterocycles. The highest BCUT2D eigenvalue weighted by Crippen LogP contribution is 2.22. The summed E-state index contributed by atoms with van der Waals surface area (Å²) in [5.74, 6) is 0. The van der Waals surface area contributed by atoms with Gasteiger partial charge in [-0.05, 0) is 43.5 Å². The second kappa shape index (κ2) is 9.36. The molecule has 0 amide bonds. The van der Waals surface area contributed by atoms with E-state index < -0.39 is 0 Å². The summed E-state index contributed by atoms with van der Waals surface area (Å²) < 4.78 is 10.3. The molecule has 0 aliphatic carbocycles. The Balaban J connectivity index is 1.83. The second-order valence-electron chi connectivity index (χ2n) is 8.25. The Labute approximate surface area is 184 Å². The predicted octanol–water partition coefficient (Wildman–Crippen LogP) is 5.07. The number of rotatable bonds is 7. The summed E-state index contributed by atoms with van der Waals surface area (Å²) in [4.78, 5) is 4.75. The first-order valence-corrected chi connectivity index (χ1v) is 10.8. The fourth-order valence-electron chi connectivity index (χ4n) is 4.28. The Morgan fingerprint density at radius 1 is 0.806 bits per heavy atom. The molecule has 0 N–H and O–H groups in total. The lowest BCUT2D eigenvalue weighted by Gasteiger charge is -2.19. The Morgan fingerprint density at radius 3 is 1.97 bits per heavy atom. The number of nitrogens with zero attached hydrogens (tertiary/aromatic N) is 3. The molecule has 0 unspecified atom stereocenters. The number of para-hydroxylation sites is 2. The van der Waals surface area contributed by atoms with Crippen LogP contribution in [0.15, 0.2) is 77.8 Å². The highest BCUT2D eigenvalue weighted by Gasteiger charge is 2.20. The Hall–Kier alpha value is -3.11. The zero-order valence-electron chi connectivity index (χ0n) is 18.9. The Kier molecular flexibility index (Phi) is 6.38. The van der Waals surface area contributed by atoms with Gasteiger partial charge in [0.05, 0.1) is 30.2 Å². The van der Waals surface area contributed by atoms with Crippen LogP contribution >= 0.6 is 0 Å². The van der Waals surface area contributed by atoms with Crippen LogP contribution in [-0.2, 0) is 17.7 Å². The second-order valence-corrected chi connectivity index (χ2v) is 8.25. The van der Waals surface area contributed by atoms with E-state index in [9.17, 15) is 0 Å². The molecule has 0 aliphatic rings. The van der Waals surface area contributed by atoms with Crippen LogP contribution < -0.4 is 5.62 Å². The van der Waals surface area contributed by atoms with E-state index in [1.165, 1.54) is 33.3 Å². The normalized spacial score (nSPS) is 13.1. The van der Waals surface area contributed by atoms with E-state index in [2.05, 4.69) is 95.8 Å². The Bertz CT molecular complexity index is 1210. The van der Waals surface area contributed by atoms with Crippen molar-refractivity contribution in [2.75, 3.05) is 20.8 Å². The van der Waals surface area contributed by atoms with Crippen molar-refractivity contribution in [2.45, 2.75) is 32.9 Å². The predicted molar refractivity (Wildman–Crippen MR) is 127 cm³/mol. The van der Waals surface area contributed by atoms with Gasteiger partial charge in [-0.2, -0.15) is 0 Å². The van der Waals surface area contributed by atoms with Crippen LogP contribution in [0.25, 0.3) is 11.0 Å². The minimum Gasteiger partial charge on any atom is -0.383 e. The smallest absolute Gasteiger partial charge is 0.206 e. The SMILES string of the molecule is C/N=c1\n(Cc2ccc(C)cc2)c2ccccc2n1[C@H](COC)Cc1ccc(C)cc1. The highest BCUT2D eigenvalue weighted by molar-refractivity contribution is 5.76. The molecule has 1 heterocycles. The van der Waals surface area contributed by atoms with E-state index in [0.717, 1.165) is 18.6 Å². The topological polar surface area (TPSA) is 31.4 Å². The molecular formula is C27H31N3O. The average Bonchev–Trinajstić information content (AvgIpc) is 3.10. The van der Waals surface area contributed by atoms with Crippen molar-refractivity contribution >= 4 is 11.0 Å². The molecule has 4 nitrogen and oxygen atoms in total. The molecule has 0 saturated carbocycles. The summed E-state index contributed by atoms with van der Waals surface area (Å²) in [6.45, 7) is 5.65. The third-order valence-electron chi connectivity index (χ3n) is 5.87. The molecule has 160 valence electrons. The fraction of sp³-hybridized carbons (Fsp3) is 0.296. The van der Waals surface area contributed by atoms with Gasteiger partial charge in [-0.3, -0.25) is 4.99 Å². The van der Waals surface area contributed by atoms with E-state index in [-0.39, 0.29) is 6.04 Å². The van der Waals surface area contributed by atoms with Crippen molar-refractivity contribution < 1.29 is 4.74 Å². The molecule has 0 spiro atoms. The van der Waals surface area contributed by atoms with Gasteiger partial charge in [0.1, 0.15) is 0 Å². The van der Waals surface area contributed by atoms with Crippen LogP contribution in [0.2, 0.25) is 0 Å². The standard InChI is InChI=1S/C27H31N3O/c1-20-9-13-22(14-10-20)17-24(19-31-4)30-26-8-6-5-7-25(26)29(27(30)28-3)18-23-15-11-21(2)12-16-23/h5-16,24H,17-19H2,1-4H3/b28-27+/t24-/m0/s1. The van der Waals surface area contributed by atoms with Crippen molar-refractivity contribution in [1.29, 1.82) is 0 Å². The molecule has 0 aliphatic heterocycles. The summed E-state index contributed by atoms with van der Waals surface area (Å²) >= 11 is 0. The fourth-order valence-corrected chi connectivity index (χ4v) is 4.28. The lowest BCUT2D eigenvalue weighted by molar-refractivity contribution is 0.154. The van der Waals surface area contributed by atoms with Gasteiger partial charge in [-0.1, -0.05) is 71.8 Å². The number of methoxy groups -OCH3 is 1. The first kappa shape index (κ1) is 21.1. The van der Waals surface area contributed by atoms with Crippen LogP contribution in [0.4, 0.5) is 0 Å². The monoisotopic (exact) mass is 413 g/mol. The van der Waals surface area contributed by atoms with Gasteiger partial charge >= 0.3 is 0 Å². The average molecular weight is 414 g/mol. The van der Waals surface area contributed by atoms with Crippen molar-refractivity contribution in [3.05, 3.63) is 101 Å². The minimum atomic E-state index is 0.149. The lowest BCUT2D eigenvalue weighted by Crippen LogP contribution is -2.32. The summed E-state index contributed by atoms with van der Waals surface area (Å²) in [5.41, 5.74) is 8.46. The highest BCUT2D eigenvalue weighted by atomic mass is 16.5. The third-order valence-corrected chi connectivity index (χ3v) is 5.87. The Morgan fingerprint density at radius 2 is 1.39 bits per heavy atom. The van der Waals surface area contributed by atoms with Crippen LogP contribution in [0.5, 0.6) is 0 Å². The number of ether oxygens (including phenoxy) is 1. The van der Waals surface area contributed by atoms with Gasteiger partial charge in [-0.15, -0.1) is 0 Å². The molecule has 31 heavy (non-hydrogen) atoms. The van der Waals surface area contributed by atoms with Crippen LogP contribution in [-0.4, -0.2) is 29.9 Å². The third kappa shape index (κ3) is 4.49. The van der Waals surface area contributed by atoms with Gasteiger partial charge < -0.3 is 13.9 Å². The number of aryl methyl sites for hydroxylation is 2. The van der Waals surface area contributed by atoms with Crippen LogP contribution in [0.1, 0.15) is 28.3 Å². The van der Waals surface area contributed by atoms with E-state index in [0.29, 0.717) is 6.61 Å². The molecular weight excluding hydrogens is 382 g/mol. The van der Waals surface area contributed by atoms with E-state index in [1.54, 1.807) is 7.11 Å². The molecule has 0 fully saturated rings. The van der Waals surface area contributed by atoms with Gasteiger partial charge in [0.2, 0.25) is 5.62 Å². The number of benzene rings is 3. The quantitative estimate of drug-likeness (QED) is 0.416. The summed E-state index contributed by atoms with van der Waals surface area (Å²) in [5, 5.41) is 0. The molecule has 1 aromatic heterocycles. The van der Waals surface area contributed by atoms with Crippen molar-refractivity contribution in [3.63, 3.8) is 0 Å². The molecule has 4 heteroatoms. The first-order valence-electron chi connectivity index (χ1n) is 10.8. The van der Waals surface area contributed by atoms with Crippen molar-refractivity contribution in [1.82, 2.24) is 9.13 Å². The van der Waals surface area contributed by atoms with Crippen LogP contribution in [0, 0.1) is 13.8 Å². The van der Waals surface area contributed by atoms with Crippen molar-refractivity contribution in [3.8, 4) is 0 Å². The van der Waals surface area contributed by atoms with E-state index >= 15 is 0 Å². The number of fused-ring (bicyclic) bond motifs is 1. The van der Waals surface area contributed by atoms with Crippen LogP contribution in [0.3, 0.4) is 0 Å². The zero-order valence-corrected chi connectivity index (χ0v) is 18.9. The number of imidazole rings is 1. The molecule has 0 radical (unpaired) electrons. The largest absolute Gasteiger partial charge is 0.383 e. The summed E-state index contributed by atoms with van der Waals surface area (Å²) in [6, 6.07) is 26.2. The molecule has 4 aromatic rings. The van der Waals surface area contributed by atoms with E-state index in [1.807, 2.05) is 7.05 Å². The molecule has 1 atom stereocenters. The minimum absolute atomic E-state index is 0.149. The maximum Gasteiger partial charge on any atom is 0.206 e. The number of hydrogen-bond donors (Lipinski definition) is 0. The molecule has 4 rings (SSSR count). The van der Waals surface area contributed by atoms with Gasteiger partial charge in [0.15, 0.2) is 0 Å². The first-order chi connectivity index (χ1) is 15.1. The lowest BCUT2D eigenvalue weighted by atomic mass is 10.0. The molecule has 0 bridgehead atoms. The summed E-state index contributed by atoms with van der Waals surface area (Å²) in [6.07, 6.45) is 0.889. The van der Waals surface area contributed by atoms with Gasteiger partial charge in [-0.25, -0.2) is 0 Å².